The molecule has 1 aliphatic heterocycles. The van der Waals surface area contributed by atoms with Gasteiger partial charge in [0.05, 0.1) is 6.04 Å². The van der Waals surface area contributed by atoms with Crippen molar-refractivity contribution in [3.8, 4) is 0 Å². The van der Waals surface area contributed by atoms with E-state index in [4.69, 9.17) is 0 Å². The largest absolute Gasteiger partial charge is 0.323 e. The molecule has 0 saturated carbocycles. The van der Waals surface area contributed by atoms with E-state index in [9.17, 15) is 9.59 Å². The van der Waals surface area contributed by atoms with Crippen LogP contribution >= 0.6 is 0 Å². The fraction of sp³-hybridized carbons (Fsp3) is 0.200. The molecule has 0 radical (unpaired) electrons. The van der Waals surface area contributed by atoms with E-state index in [1.165, 1.54) is 6.08 Å². The van der Waals surface area contributed by atoms with Crippen LogP contribution in [-0.2, 0) is 16.1 Å². The molecule has 2 aromatic carbocycles. The van der Waals surface area contributed by atoms with Gasteiger partial charge in [-0.2, -0.15) is 0 Å². The molecule has 0 bridgehead atoms. The number of carbonyl (C=O) groups is 2. The predicted octanol–water partition coefficient (Wildman–Crippen LogP) is 3.68. The van der Waals surface area contributed by atoms with Crippen LogP contribution in [0.2, 0.25) is 0 Å². The molecule has 1 amide bonds. The second-order valence-corrected chi connectivity index (χ2v) is 5.65. The van der Waals surface area contributed by atoms with Gasteiger partial charge in [-0.15, -0.1) is 0 Å². The molecule has 3 heteroatoms. The summed E-state index contributed by atoms with van der Waals surface area (Å²) < 4.78 is 0. The Morgan fingerprint density at radius 2 is 1.65 bits per heavy atom. The highest BCUT2D eigenvalue weighted by molar-refractivity contribution is 6.07. The van der Waals surface area contributed by atoms with Crippen LogP contribution in [-0.4, -0.2) is 16.6 Å². The van der Waals surface area contributed by atoms with Gasteiger partial charge in [-0.05, 0) is 17.2 Å². The molecule has 0 aliphatic carbocycles. The van der Waals surface area contributed by atoms with Crippen LogP contribution in [0.5, 0.6) is 0 Å². The van der Waals surface area contributed by atoms with Gasteiger partial charge in [0.25, 0.3) is 5.91 Å². The van der Waals surface area contributed by atoms with Gasteiger partial charge in [0.1, 0.15) is 0 Å². The van der Waals surface area contributed by atoms with Gasteiger partial charge in [-0.1, -0.05) is 67.6 Å². The molecule has 1 heterocycles. The summed E-state index contributed by atoms with van der Waals surface area (Å²) in [4.78, 5) is 26.1. The standard InChI is InChI=1S/C20H19NO2/c1-2-17(22)13-18-19(16-11-7-4-8-12-16)21(20(18)23)14-15-9-5-3-6-10-15/h3-13,19H,2,14H2,1H3/b18-13+. The molecule has 1 atom stereocenters. The Labute approximate surface area is 136 Å². The Morgan fingerprint density at radius 1 is 1.04 bits per heavy atom. The summed E-state index contributed by atoms with van der Waals surface area (Å²) in [6.07, 6.45) is 1.93. The number of hydrogen-bond donors (Lipinski definition) is 0. The third-order valence-corrected chi connectivity index (χ3v) is 4.09. The minimum absolute atomic E-state index is 0.00589. The molecule has 116 valence electrons. The zero-order valence-electron chi connectivity index (χ0n) is 13.1. The molecule has 0 aromatic heterocycles. The predicted molar refractivity (Wildman–Crippen MR) is 89.6 cm³/mol. The second-order valence-electron chi connectivity index (χ2n) is 5.65. The Bertz CT molecular complexity index is 735. The molecular weight excluding hydrogens is 286 g/mol. The minimum atomic E-state index is -0.139. The summed E-state index contributed by atoms with van der Waals surface area (Å²) in [7, 11) is 0. The molecular formula is C20H19NO2. The van der Waals surface area contributed by atoms with Crippen molar-refractivity contribution in [2.45, 2.75) is 25.9 Å². The quantitative estimate of drug-likeness (QED) is 0.624. The normalized spacial score (nSPS) is 18.8. The number of amides is 1. The van der Waals surface area contributed by atoms with E-state index < -0.39 is 0 Å². The van der Waals surface area contributed by atoms with Crippen molar-refractivity contribution in [1.29, 1.82) is 0 Å². The molecule has 2 aromatic rings. The van der Waals surface area contributed by atoms with Crippen LogP contribution in [0.1, 0.15) is 30.5 Å². The lowest BCUT2D eigenvalue weighted by molar-refractivity contribution is -0.138. The number of benzene rings is 2. The number of ketones is 1. The van der Waals surface area contributed by atoms with Crippen molar-refractivity contribution in [3.05, 3.63) is 83.4 Å². The lowest BCUT2D eigenvalue weighted by atomic mass is 9.86. The number of carbonyl (C=O) groups excluding carboxylic acids is 2. The van der Waals surface area contributed by atoms with E-state index in [1.807, 2.05) is 72.5 Å². The lowest BCUT2D eigenvalue weighted by Crippen LogP contribution is -2.48. The van der Waals surface area contributed by atoms with Gasteiger partial charge in [0, 0.05) is 18.5 Å². The van der Waals surface area contributed by atoms with Gasteiger partial charge >= 0.3 is 0 Å². The molecule has 0 spiro atoms. The number of nitrogens with zero attached hydrogens (tertiary/aromatic N) is 1. The van der Waals surface area contributed by atoms with Crippen LogP contribution in [0.3, 0.4) is 0 Å². The van der Waals surface area contributed by atoms with Crippen LogP contribution in [0.15, 0.2) is 72.3 Å². The van der Waals surface area contributed by atoms with Crippen LogP contribution in [0.4, 0.5) is 0 Å². The first kappa shape index (κ1) is 15.2. The summed E-state index contributed by atoms with van der Waals surface area (Å²) >= 11 is 0. The summed E-state index contributed by atoms with van der Waals surface area (Å²) in [5, 5.41) is 0. The van der Waals surface area contributed by atoms with Crippen LogP contribution in [0, 0.1) is 0 Å². The lowest BCUT2D eigenvalue weighted by Gasteiger charge is -2.43. The zero-order valence-corrected chi connectivity index (χ0v) is 13.1. The van der Waals surface area contributed by atoms with Crippen molar-refractivity contribution < 1.29 is 9.59 Å². The Hall–Kier alpha value is -2.68. The average molecular weight is 305 g/mol. The van der Waals surface area contributed by atoms with Gasteiger partial charge in [0.2, 0.25) is 0 Å². The average Bonchev–Trinajstić information content (AvgIpc) is 2.61. The third-order valence-electron chi connectivity index (χ3n) is 4.09. The van der Waals surface area contributed by atoms with E-state index in [-0.39, 0.29) is 17.7 Å². The Morgan fingerprint density at radius 3 is 2.26 bits per heavy atom. The fourth-order valence-electron chi connectivity index (χ4n) is 2.86. The van der Waals surface area contributed by atoms with E-state index in [2.05, 4.69) is 0 Å². The molecule has 3 nitrogen and oxygen atoms in total. The fourth-order valence-corrected chi connectivity index (χ4v) is 2.86. The first-order valence-corrected chi connectivity index (χ1v) is 7.85. The van der Waals surface area contributed by atoms with E-state index in [0.29, 0.717) is 18.5 Å². The molecule has 3 rings (SSSR count). The number of likely N-dealkylation sites (tertiary alicyclic amines) is 1. The highest BCUT2D eigenvalue weighted by Crippen LogP contribution is 2.40. The SMILES string of the molecule is CCC(=O)/C=C1/C(=O)N(Cc2ccccc2)C1c1ccccc1. The van der Waals surface area contributed by atoms with Crippen molar-refractivity contribution in [2.75, 3.05) is 0 Å². The maximum atomic E-state index is 12.5. The first-order chi connectivity index (χ1) is 11.2. The summed E-state index contributed by atoms with van der Waals surface area (Å²) in [5.41, 5.74) is 2.72. The topological polar surface area (TPSA) is 37.4 Å². The summed E-state index contributed by atoms with van der Waals surface area (Å²) in [6, 6.07) is 19.6. The number of hydrogen-bond acceptors (Lipinski definition) is 2. The number of rotatable bonds is 5. The molecule has 23 heavy (non-hydrogen) atoms. The molecule has 1 aliphatic rings. The van der Waals surface area contributed by atoms with Crippen molar-refractivity contribution in [3.63, 3.8) is 0 Å². The maximum Gasteiger partial charge on any atom is 0.253 e. The smallest absolute Gasteiger partial charge is 0.253 e. The van der Waals surface area contributed by atoms with Crippen molar-refractivity contribution in [2.24, 2.45) is 0 Å². The van der Waals surface area contributed by atoms with E-state index in [0.717, 1.165) is 11.1 Å². The van der Waals surface area contributed by atoms with E-state index in [1.54, 1.807) is 0 Å². The Kier molecular flexibility index (Phi) is 4.38. The van der Waals surface area contributed by atoms with Gasteiger partial charge in [0.15, 0.2) is 5.78 Å². The number of β-lactam (4-membered cyclic amide) rings is 1. The highest BCUT2D eigenvalue weighted by Gasteiger charge is 2.42. The Balaban J connectivity index is 1.91. The third kappa shape index (κ3) is 3.09. The zero-order chi connectivity index (χ0) is 16.2. The maximum absolute atomic E-state index is 12.5. The van der Waals surface area contributed by atoms with Crippen molar-refractivity contribution >= 4 is 11.7 Å². The van der Waals surface area contributed by atoms with Crippen molar-refractivity contribution in [1.82, 2.24) is 4.90 Å². The van der Waals surface area contributed by atoms with Gasteiger partial charge in [-0.25, -0.2) is 0 Å². The second kappa shape index (κ2) is 6.61. The number of allylic oxidation sites excluding steroid dienone is 1. The van der Waals surface area contributed by atoms with Gasteiger partial charge < -0.3 is 4.90 Å². The van der Waals surface area contributed by atoms with E-state index >= 15 is 0 Å². The molecule has 0 N–H and O–H groups in total. The minimum Gasteiger partial charge on any atom is -0.323 e. The summed E-state index contributed by atoms with van der Waals surface area (Å²) in [6.45, 7) is 2.36. The van der Waals surface area contributed by atoms with Crippen LogP contribution in [0.25, 0.3) is 0 Å². The highest BCUT2D eigenvalue weighted by atomic mass is 16.2. The summed E-state index contributed by atoms with van der Waals surface area (Å²) in [5.74, 6) is -0.0573. The first-order valence-electron chi connectivity index (χ1n) is 7.85. The molecule has 1 fully saturated rings. The van der Waals surface area contributed by atoms with Crippen LogP contribution < -0.4 is 0 Å². The molecule has 1 unspecified atom stereocenters. The molecule has 1 saturated heterocycles. The monoisotopic (exact) mass is 305 g/mol. The van der Waals surface area contributed by atoms with Gasteiger partial charge in [-0.3, -0.25) is 9.59 Å².